The highest BCUT2D eigenvalue weighted by Gasteiger charge is 2.37. The van der Waals surface area contributed by atoms with Gasteiger partial charge < -0.3 is 10.0 Å². The summed E-state index contributed by atoms with van der Waals surface area (Å²) in [5, 5.41) is 9.80. The topological polar surface area (TPSA) is 23.5 Å². The molecule has 0 aromatic heterocycles. The summed E-state index contributed by atoms with van der Waals surface area (Å²) in [4.78, 5) is 2.33. The summed E-state index contributed by atoms with van der Waals surface area (Å²) in [5.41, 5.74) is 3.90. The molecule has 2 rings (SSSR count). The lowest BCUT2D eigenvalue weighted by atomic mass is 9.99. The first-order chi connectivity index (χ1) is 7.40. The second-order valence-electron chi connectivity index (χ2n) is 5.57. The van der Waals surface area contributed by atoms with Gasteiger partial charge in [0, 0.05) is 17.8 Å². The number of hydrogen-bond acceptors (Lipinski definition) is 2. The average molecular weight is 219 g/mol. The van der Waals surface area contributed by atoms with Crippen molar-refractivity contribution < 1.29 is 5.11 Å². The molecule has 1 N–H and O–H groups in total. The highest BCUT2D eigenvalue weighted by Crippen LogP contribution is 2.35. The predicted octanol–water partition coefficient (Wildman–Crippen LogP) is 2.65. The van der Waals surface area contributed by atoms with E-state index < -0.39 is 0 Å². The Morgan fingerprint density at radius 3 is 2.50 bits per heavy atom. The Hall–Kier alpha value is -1.02. The first-order valence-corrected chi connectivity index (χ1v) is 5.93. The third kappa shape index (κ3) is 1.94. The van der Waals surface area contributed by atoms with Gasteiger partial charge in [0.15, 0.2) is 0 Å². The van der Waals surface area contributed by atoms with Crippen LogP contribution < -0.4 is 4.90 Å². The molecule has 2 heteroatoms. The number of aliphatic hydroxyl groups excluding tert-OH is 1. The maximum Gasteiger partial charge on any atom is 0.0737 e. The minimum atomic E-state index is -0.198. The van der Waals surface area contributed by atoms with Crippen molar-refractivity contribution >= 4 is 5.69 Å². The van der Waals surface area contributed by atoms with E-state index in [-0.39, 0.29) is 11.6 Å². The molecule has 88 valence electrons. The molecular formula is C14H21NO. The van der Waals surface area contributed by atoms with E-state index in [1.165, 1.54) is 16.8 Å². The summed E-state index contributed by atoms with van der Waals surface area (Å²) < 4.78 is 0. The molecule has 1 aromatic carbocycles. The monoisotopic (exact) mass is 219 g/mol. The van der Waals surface area contributed by atoms with Gasteiger partial charge in [-0.05, 0) is 45.7 Å². The normalized spacial score (nSPS) is 23.8. The molecule has 0 aliphatic carbocycles. The van der Waals surface area contributed by atoms with Gasteiger partial charge in [0.25, 0.3) is 0 Å². The number of benzene rings is 1. The quantitative estimate of drug-likeness (QED) is 0.785. The lowest BCUT2D eigenvalue weighted by molar-refractivity contribution is 0.188. The Bertz CT molecular complexity index is 398. The second-order valence-corrected chi connectivity index (χ2v) is 5.57. The van der Waals surface area contributed by atoms with Crippen LogP contribution in [-0.2, 0) is 0 Å². The molecule has 1 aliphatic rings. The number of nitrogens with zero attached hydrogens (tertiary/aromatic N) is 1. The predicted molar refractivity (Wildman–Crippen MR) is 68.0 cm³/mol. The Labute approximate surface area is 97.9 Å². The lowest BCUT2D eigenvalue weighted by Gasteiger charge is -2.34. The van der Waals surface area contributed by atoms with E-state index in [1.54, 1.807) is 0 Å². The van der Waals surface area contributed by atoms with Gasteiger partial charge >= 0.3 is 0 Å². The van der Waals surface area contributed by atoms with E-state index in [0.29, 0.717) is 0 Å². The molecule has 1 unspecified atom stereocenters. The fourth-order valence-electron chi connectivity index (χ4n) is 2.74. The van der Waals surface area contributed by atoms with E-state index in [9.17, 15) is 5.11 Å². The molecule has 0 saturated carbocycles. The molecule has 2 nitrogen and oxygen atoms in total. The third-order valence-corrected chi connectivity index (χ3v) is 3.50. The molecule has 0 bridgehead atoms. The SMILES string of the molecule is Cc1ccc(N2CC(O)CC2(C)C)c(C)c1. The number of anilines is 1. The standard InChI is InChI=1S/C14H21NO/c1-10-5-6-13(11(2)7-10)15-9-12(16)8-14(15,3)4/h5-7,12,16H,8-9H2,1-4H3. The summed E-state index contributed by atoms with van der Waals surface area (Å²) in [6.07, 6.45) is 0.649. The second kappa shape index (κ2) is 3.77. The van der Waals surface area contributed by atoms with Crippen LogP contribution in [0.2, 0.25) is 0 Å². The van der Waals surface area contributed by atoms with Crippen molar-refractivity contribution in [2.45, 2.75) is 45.8 Å². The highest BCUT2D eigenvalue weighted by atomic mass is 16.3. The maximum absolute atomic E-state index is 9.80. The van der Waals surface area contributed by atoms with Crippen molar-refractivity contribution in [3.63, 3.8) is 0 Å². The molecule has 1 heterocycles. The van der Waals surface area contributed by atoms with Gasteiger partial charge in [0.1, 0.15) is 0 Å². The van der Waals surface area contributed by atoms with Gasteiger partial charge in [0.05, 0.1) is 6.10 Å². The van der Waals surface area contributed by atoms with E-state index in [2.05, 4.69) is 50.8 Å². The van der Waals surface area contributed by atoms with Gasteiger partial charge in [-0.2, -0.15) is 0 Å². The first-order valence-electron chi connectivity index (χ1n) is 5.93. The summed E-state index contributed by atoms with van der Waals surface area (Å²) in [6, 6.07) is 6.52. The molecule has 0 spiro atoms. The molecule has 0 amide bonds. The number of hydrogen-bond donors (Lipinski definition) is 1. The summed E-state index contributed by atoms with van der Waals surface area (Å²) >= 11 is 0. The molecule has 1 fully saturated rings. The van der Waals surface area contributed by atoms with Crippen LogP contribution in [0, 0.1) is 13.8 Å². The van der Waals surface area contributed by atoms with E-state index in [1.807, 2.05) is 0 Å². The number of aliphatic hydroxyl groups is 1. The Balaban J connectivity index is 2.37. The largest absolute Gasteiger partial charge is 0.391 e. The van der Waals surface area contributed by atoms with Crippen LogP contribution >= 0.6 is 0 Å². The van der Waals surface area contributed by atoms with Crippen LogP contribution in [0.4, 0.5) is 5.69 Å². The molecular weight excluding hydrogens is 198 g/mol. The Morgan fingerprint density at radius 1 is 1.31 bits per heavy atom. The van der Waals surface area contributed by atoms with Crippen LogP contribution in [0.1, 0.15) is 31.4 Å². The van der Waals surface area contributed by atoms with Crippen LogP contribution in [0.25, 0.3) is 0 Å². The lowest BCUT2D eigenvalue weighted by Crippen LogP contribution is -2.38. The maximum atomic E-state index is 9.80. The van der Waals surface area contributed by atoms with Crippen LogP contribution in [0.3, 0.4) is 0 Å². The van der Waals surface area contributed by atoms with Crippen molar-refractivity contribution in [2.24, 2.45) is 0 Å². The summed E-state index contributed by atoms with van der Waals surface area (Å²) in [7, 11) is 0. The van der Waals surface area contributed by atoms with Crippen molar-refractivity contribution in [2.75, 3.05) is 11.4 Å². The molecule has 0 radical (unpaired) electrons. The fraction of sp³-hybridized carbons (Fsp3) is 0.571. The van der Waals surface area contributed by atoms with Gasteiger partial charge in [-0.3, -0.25) is 0 Å². The molecule has 1 atom stereocenters. The van der Waals surface area contributed by atoms with Crippen LogP contribution in [-0.4, -0.2) is 23.3 Å². The van der Waals surface area contributed by atoms with E-state index in [0.717, 1.165) is 13.0 Å². The number of β-amino-alcohol motifs (C(OH)–C–C–N with tert-alkyl or cyclic N) is 1. The van der Waals surface area contributed by atoms with Gasteiger partial charge in [-0.1, -0.05) is 17.7 Å². The summed E-state index contributed by atoms with van der Waals surface area (Å²) in [5.74, 6) is 0. The minimum absolute atomic E-state index is 0.0550. The van der Waals surface area contributed by atoms with Crippen LogP contribution in [0.15, 0.2) is 18.2 Å². The van der Waals surface area contributed by atoms with Crippen molar-refractivity contribution in [3.8, 4) is 0 Å². The minimum Gasteiger partial charge on any atom is -0.391 e. The van der Waals surface area contributed by atoms with Gasteiger partial charge in [-0.15, -0.1) is 0 Å². The Morgan fingerprint density at radius 2 is 2.00 bits per heavy atom. The zero-order chi connectivity index (χ0) is 11.9. The molecule has 1 aromatic rings. The van der Waals surface area contributed by atoms with Crippen molar-refractivity contribution in [1.29, 1.82) is 0 Å². The van der Waals surface area contributed by atoms with E-state index >= 15 is 0 Å². The third-order valence-electron chi connectivity index (χ3n) is 3.50. The molecule has 1 aliphatic heterocycles. The first kappa shape index (κ1) is 11.5. The van der Waals surface area contributed by atoms with E-state index in [4.69, 9.17) is 0 Å². The zero-order valence-electron chi connectivity index (χ0n) is 10.6. The highest BCUT2D eigenvalue weighted by molar-refractivity contribution is 5.57. The van der Waals surface area contributed by atoms with Gasteiger partial charge in [-0.25, -0.2) is 0 Å². The molecule has 16 heavy (non-hydrogen) atoms. The van der Waals surface area contributed by atoms with Crippen molar-refractivity contribution in [3.05, 3.63) is 29.3 Å². The average Bonchev–Trinajstić information content (AvgIpc) is 2.39. The fourth-order valence-corrected chi connectivity index (χ4v) is 2.74. The van der Waals surface area contributed by atoms with Crippen LogP contribution in [0.5, 0.6) is 0 Å². The smallest absolute Gasteiger partial charge is 0.0737 e. The summed E-state index contributed by atoms with van der Waals surface area (Å²) in [6.45, 7) is 9.39. The molecule has 1 saturated heterocycles. The van der Waals surface area contributed by atoms with Gasteiger partial charge in [0.2, 0.25) is 0 Å². The Kier molecular flexibility index (Phi) is 2.70. The zero-order valence-corrected chi connectivity index (χ0v) is 10.6. The van der Waals surface area contributed by atoms with Crippen molar-refractivity contribution in [1.82, 2.24) is 0 Å². The number of aryl methyl sites for hydroxylation is 2. The number of rotatable bonds is 1.